The lowest BCUT2D eigenvalue weighted by Crippen LogP contribution is -2.39. The number of aromatic nitrogens is 2. The van der Waals surface area contributed by atoms with Gasteiger partial charge >= 0.3 is 0 Å². The molecule has 1 atom stereocenters. The summed E-state index contributed by atoms with van der Waals surface area (Å²) in [5.41, 5.74) is 1.07. The van der Waals surface area contributed by atoms with Crippen molar-refractivity contribution in [2.75, 3.05) is 23.3 Å². The second-order valence-corrected chi connectivity index (χ2v) is 6.48. The van der Waals surface area contributed by atoms with Gasteiger partial charge in [0.15, 0.2) is 5.82 Å². The zero-order chi connectivity index (χ0) is 16.8. The van der Waals surface area contributed by atoms with Crippen LogP contribution in [0.1, 0.15) is 46.0 Å². The van der Waals surface area contributed by atoms with Crippen LogP contribution in [0.15, 0.2) is 36.4 Å². The summed E-state index contributed by atoms with van der Waals surface area (Å²) >= 11 is 0. The van der Waals surface area contributed by atoms with Gasteiger partial charge in [-0.05, 0) is 32.1 Å². The highest BCUT2D eigenvalue weighted by Crippen LogP contribution is 2.28. The lowest BCUT2D eigenvalue weighted by atomic mass is 10.00. The molecule has 128 valence electrons. The van der Waals surface area contributed by atoms with Gasteiger partial charge in [-0.2, -0.15) is 0 Å². The third-order valence-electron chi connectivity index (χ3n) is 4.69. The van der Waals surface area contributed by atoms with Crippen LogP contribution in [0.3, 0.4) is 0 Å². The molecule has 1 N–H and O–H groups in total. The van der Waals surface area contributed by atoms with Crippen molar-refractivity contribution < 1.29 is 0 Å². The SMILES string of the molecule is CCCNc1cc(N2CCCCC2CC)nc(-c2ccccc2)n1. The first-order valence-electron chi connectivity index (χ1n) is 9.26. The van der Waals surface area contributed by atoms with E-state index < -0.39 is 0 Å². The van der Waals surface area contributed by atoms with Crippen LogP contribution in [0.4, 0.5) is 11.6 Å². The number of nitrogens with one attached hydrogen (secondary N) is 1. The molecular formula is C20H28N4. The zero-order valence-corrected chi connectivity index (χ0v) is 14.8. The zero-order valence-electron chi connectivity index (χ0n) is 14.8. The molecule has 1 fully saturated rings. The number of rotatable bonds is 6. The minimum absolute atomic E-state index is 0.594. The highest BCUT2D eigenvalue weighted by molar-refractivity contribution is 5.62. The quantitative estimate of drug-likeness (QED) is 0.833. The van der Waals surface area contributed by atoms with E-state index in [-0.39, 0.29) is 0 Å². The van der Waals surface area contributed by atoms with E-state index >= 15 is 0 Å². The Bertz CT molecular complexity index is 641. The summed E-state index contributed by atoms with van der Waals surface area (Å²) in [6.07, 6.45) is 6.09. The van der Waals surface area contributed by atoms with Gasteiger partial charge in [0.25, 0.3) is 0 Å². The maximum atomic E-state index is 4.91. The molecule has 2 aromatic rings. The second-order valence-electron chi connectivity index (χ2n) is 6.48. The summed E-state index contributed by atoms with van der Waals surface area (Å²) in [4.78, 5) is 12.1. The van der Waals surface area contributed by atoms with Crippen LogP contribution in [-0.4, -0.2) is 29.1 Å². The van der Waals surface area contributed by atoms with E-state index in [2.05, 4.69) is 42.3 Å². The van der Waals surface area contributed by atoms with Crippen molar-refractivity contribution >= 4 is 11.6 Å². The Hall–Kier alpha value is -2.10. The minimum Gasteiger partial charge on any atom is -0.370 e. The summed E-state index contributed by atoms with van der Waals surface area (Å²) in [5.74, 6) is 2.81. The molecule has 0 saturated carbocycles. The lowest BCUT2D eigenvalue weighted by molar-refractivity contribution is 0.447. The molecule has 0 amide bonds. The standard InChI is InChI=1S/C20H28N4/c1-3-13-21-18-15-19(24-14-9-8-12-17(24)4-2)23-20(22-18)16-10-6-5-7-11-16/h5-7,10-11,15,17H,3-4,8-9,12-14H2,1-2H3,(H,21,22,23). The fourth-order valence-corrected chi connectivity index (χ4v) is 3.37. The molecule has 0 bridgehead atoms. The van der Waals surface area contributed by atoms with E-state index in [1.807, 2.05) is 18.2 Å². The van der Waals surface area contributed by atoms with Gasteiger partial charge in [0.1, 0.15) is 11.6 Å². The van der Waals surface area contributed by atoms with E-state index in [0.29, 0.717) is 6.04 Å². The molecule has 1 aliphatic rings. The van der Waals surface area contributed by atoms with Crippen molar-refractivity contribution in [1.29, 1.82) is 0 Å². The summed E-state index contributed by atoms with van der Waals surface area (Å²) in [6, 6.07) is 13.0. The fraction of sp³-hybridized carbons (Fsp3) is 0.500. The highest BCUT2D eigenvalue weighted by Gasteiger charge is 2.23. The molecule has 0 radical (unpaired) electrons. The van der Waals surface area contributed by atoms with Crippen molar-refractivity contribution in [3.8, 4) is 11.4 Å². The largest absolute Gasteiger partial charge is 0.370 e. The van der Waals surface area contributed by atoms with E-state index in [0.717, 1.165) is 42.5 Å². The Balaban J connectivity index is 1.97. The van der Waals surface area contributed by atoms with Crippen LogP contribution in [-0.2, 0) is 0 Å². The molecule has 3 rings (SSSR count). The van der Waals surface area contributed by atoms with Crippen LogP contribution in [0.5, 0.6) is 0 Å². The van der Waals surface area contributed by atoms with Gasteiger partial charge in [-0.1, -0.05) is 44.2 Å². The number of benzene rings is 1. The van der Waals surface area contributed by atoms with E-state index in [9.17, 15) is 0 Å². The van der Waals surface area contributed by atoms with Crippen LogP contribution in [0, 0.1) is 0 Å². The molecule has 1 aliphatic heterocycles. The third kappa shape index (κ3) is 3.86. The number of anilines is 2. The molecule has 4 nitrogen and oxygen atoms in total. The van der Waals surface area contributed by atoms with Crippen molar-refractivity contribution in [2.24, 2.45) is 0 Å². The first kappa shape index (κ1) is 16.7. The maximum Gasteiger partial charge on any atom is 0.163 e. The predicted octanol–water partition coefficient (Wildman–Crippen LogP) is 4.73. The van der Waals surface area contributed by atoms with Crippen LogP contribution in [0.2, 0.25) is 0 Å². The van der Waals surface area contributed by atoms with Gasteiger partial charge < -0.3 is 10.2 Å². The van der Waals surface area contributed by atoms with Crippen molar-refractivity contribution in [3.05, 3.63) is 36.4 Å². The number of nitrogens with zero attached hydrogens (tertiary/aromatic N) is 3. The molecule has 4 heteroatoms. The summed E-state index contributed by atoms with van der Waals surface area (Å²) in [6.45, 7) is 6.47. The molecule has 1 saturated heterocycles. The van der Waals surface area contributed by atoms with Crippen molar-refractivity contribution in [2.45, 2.75) is 52.0 Å². The topological polar surface area (TPSA) is 41.0 Å². The average molecular weight is 324 g/mol. The van der Waals surface area contributed by atoms with Gasteiger partial charge in [0.05, 0.1) is 0 Å². The first-order chi connectivity index (χ1) is 11.8. The summed E-state index contributed by atoms with van der Waals surface area (Å²) in [5, 5.41) is 3.44. The van der Waals surface area contributed by atoms with Crippen LogP contribution < -0.4 is 10.2 Å². The lowest BCUT2D eigenvalue weighted by Gasteiger charge is -2.36. The van der Waals surface area contributed by atoms with Crippen LogP contribution >= 0.6 is 0 Å². The van der Waals surface area contributed by atoms with Crippen molar-refractivity contribution in [1.82, 2.24) is 9.97 Å². The Kier molecular flexibility index (Phi) is 5.68. The molecular weight excluding hydrogens is 296 g/mol. The van der Waals surface area contributed by atoms with Crippen molar-refractivity contribution in [3.63, 3.8) is 0 Å². The molecule has 0 aliphatic carbocycles. The Morgan fingerprint density at radius 1 is 1.12 bits per heavy atom. The smallest absolute Gasteiger partial charge is 0.163 e. The first-order valence-corrected chi connectivity index (χ1v) is 9.26. The Morgan fingerprint density at radius 3 is 2.71 bits per heavy atom. The monoisotopic (exact) mass is 324 g/mol. The molecule has 1 aromatic heterocycles. The van der Waals surface area contributed by atoms with E-state index in [4.69, 9.17) is 9.97 Å². The second kappa shape index (κ2) is 8.13. The van der Waals surface area contributed by atoms with E-state index in [1.165, 1.54) is 25.7 Å². The van der Waals surface area contributed by atoms with Gasteiger partial charge in [-0.25, -0.2) is 9.97 Å². The summed E-state index contributed by atoms with van der Waals surface area (Å²) < 4.78 is 0. The molecule has 1 unspecified atom stereocenters. The predicted molar refractivity (Wildman–Crippen MR) is 102 cm³/mol. The van der Waals surface area contributed by atoms with Gasteiger partial charge in [-0.15, -0.1) is 0 Å². The molecule has 2 heterocycles. The molecule has 0 spiro atoms. The number of hydrogen-bond donors (Lipinski definition) is 1. The maximum absolute atomic E-state index is 4.91. The Morgan fingerprint density at radius 2 is 1.96 bits per heavy atom. The fourth-order valence-electron chi connectivity index (χ4n) is 3.37. The van der Waals surface area contributed by atoms with Gasteiger partial charge in [0, 0.05) is 30.8 Å². The van der Waals surface area contributed by atoms with Gasteiger partial charge in [-0.3, -0.25) is 0 Å². The third-order valence-corrected chi connectivity index (χ3v) is 4.69. The summed E-state index contributed by atoms with van der Waals surface area (Å²) in [7, 11) is 0. The Labute approximate surface area is 145 Å². The van der Waals surface area contributed by atoms with Crippen LogP contribution in [0.25, 0.3) is 11.4 Å². The molecule has 24 heavy (non-hydrogen) atoms. The number of hydrogen-bond acceptors (Lipinski definition) is 4. The minimum atomic E-state index is 0.594. The highest BCUT2D eigenvalue weighted by atomic mass is 15.2. The van der Waals surface area contributed by atoms with E-state index in [1.54, 1.807) is 0 Å². The average Bonchev–Trinajstić information content (AvgIpc) is 2.66. The van der Waals surface area contributed by atoms with Gasteiger partial charge in [0.2, 0.25) is 0 Å². The molecule has 1 aromatic carbocycles. The normalized spacial score (nSPS) is 17.8. The number of piperidine rings is 1.